The molecule has 0 aliphatic heterocycles. The first-order chi connectivity index (χ1) is 10.9. The predicted octanol–water partition coefficient (Wildman–Crippen LogP) is 3.69. The highest BCUT2D eigenvalue weighted by molar-refractivity contribution is 5.85. The van der Waals surface area contributed by atoms with Crippen LogP contribution < -0.4 is 15.8 Å². The quantitative estimate of drug-likeness (QED) is 0.847. The van der Waals surface area contributed by atoms with E-state index in [0.717, 1.165) is 37.0 Å². The molecule has 1 aromatic rings. The highest BCUT2D eigenvalue weighted by Crippen LogP contribution is 2.25. The Bertz CT molecular complexity index is 540. The molecular formula is C19H31ClN2O2. The molecule has 1 aliphatic rings. The van der Waals surface area contributed by atoms with Gasteiger partial charge in [-0.1, -0.05) is 26.0 Å². The van der Waals surface area contributed by atoms with Crippen molar-refractivity contribution in [3.63, 3.8) is 0 Å². The lowest BCUT2D eigenvalue weighted by molar-refractivity contribution is -0.128. The topological polar surface area (TPSA) is 64.3 Å². The lowest BCUT2D eigenvalue weighted by Gasteiger charge is -2.28. The van der Waals surface area contributed by atoms with E-state index in [1.54, 1.807) is 0 Å². The summed E-state index contributed by atoms with van der Waals surface area (Å²) >= 11 is 0. The fraction of sp³-hybridized carbons (Fsp3) is 0.632. The Kier molecular flexibility index (Phi) is 8.04. The molecule has 24 heavy (non-hydrogen) atoms. The molecule has 136 valence electrons. The van der Waals surface area contributed by atoms with Gasteiger partial charge in [0.2, 0.25) is 0 Å². The predicted molar refractivity (Wildman–Crippen MR) is 101 cm³/mol. The van der Waals surface area contributed by atoms with Gasteiger partial charge in [-0.05, 0) is 62.6 Å². The van der Waals surface area contributed by atoms with E-state index in [0.29, 0.717) is 12.0 Å². The van der Waals surface area contributed by atoms with Crippen molar-refractivity contribution in [2.24, 2.45) is 5.73 Å². The van der Waals surface area contributed by atoms with Gasteiger partial charge in [-0.3, -0.25) is 4.79 Å². The van der Waals surface area contributed by atoms with Crippen LogP contribution in [0.4, 0.5) is 0 Å². The number of carbonyl (C=O) groups excluding carboxylic acids is 1. The van der Waals surface area contributed by atoms with Crippen LogP contribution in [0.3, 0.4) is 0 Å². The average Bonchev–Trinajstić information content (AvgIpc) is 2.51. The minimum Gasteiger partial charge on any atom is -0.481 e. The molecule has 0 heterocycles. The van der Waals surface area contributed by atoms with E-state index in [-0.39, 0.29) is 24.4 Å². The van der Waals surface area contributed by atoms with E-state index in [1.807, 2.05) is 19.9 Å². The molecule has 2 rings (SSSR count). The maximum absolute atomic E-state index is 12.4. The van der Waals surface area contributed by atoms with Gasteiger partial charge in [0.1, 0.15) is 5.75 Å². The largest absolute Gasteiger partial charge is 0.481 e. The molecule has 4 nitrogen and oxygen atoms in total. The van der Waals surface area contributed by atoms with Gasteiger partial charge in [0.25, 0.3) is 5.91 Å². The van der Waals surface area contributed by atoms with E-state index in [9.17, 15) is 4.79 Å². The summed E-state index contributed by atoms with van der Waals surface area (Å²) in [4.78, 5) is 12.4. The molecule has 1 saturated carbocycles. The van der Waals surface area contributed by atoms with Crippen LogP contribution in [0.2, 0.25) is 0 Å². The molecule has 0 aromatic heterocycles. The van der Waals surface area contributed by atoms with Crippen LogP contribution in [-0.2, 0) is 4.79 Å². The number of benzene rings is 1. The van der Waals surface area contributed by atoms with Crippen molar-refractivity contribution in [2.75, 3.05) is 0 Å². The number of rotatable bonds is 5. The summed E-state index contributed by atoms with van der Waals surface area (Å²) in [6.07, 6.45) is 3.39. The zero-order chi connectivity index (χ0) is 17.0. The Labute approximate surface area is 151 Å². The van der Waals surface area contributed by atoms with Crippen LogP contribution in [0.1, 0.15) is 63.5 Å². The molecule has 1 aliphatic carbocycles. The number of nitrogens with one attached hydrogen (secondary N) is 1. The number of carbonyl (C=O) groups is 1. The number of hydrogen-bond acceptors (Lipinski definition) is 3. The zero-order valence-corrected chi connectivity index (χ0v) is 16.0. The van der Waals surface area contributed by atoms with Gasteiger partial charge in [0.15, 0.2) is 6.10 Å². The summed E-state index contributed by atoms with van der Waals surface area (Å²) in [6.45, 7) is 8.12. The fourth-order valence-corrected chi connectivity index (χ4v) is 2.93. The second kappa shape index (κ2) is 9.28. The van der Waals surface area contributed by atoms with E-state index in [1.165, 1.54) is 5.56 Å². The third-order valence-corrected chi connectivity index (χ3v) is 4.67. The molecule has 3 N–H and O–H groups in total. The molecule has 1 aromatic carbocycles. The SMILES string of the molecule is Cc1ccc(C(C)C)cc1OC(C)C(=O)NC1CCC(N)CC1.Cl. The third-order valence-electron chi connectivity index (χ3n) is 4.67. The zero-order valence-electron chi connectivity index (χ0n) is 15.2. The maximum Gasteiger partial charge on any atom is 0.260 e. The number of amides is 1. The smallest absolute Gasteiger partial charge is 0.260 e. The lowest BCUT2D eigenvalue weighted by atomic mass is 9.92. The van der Waals surface area contributed by atoms with Gasteiger partial charge in [-0.15, -0.1) is 12.4 Å². The summed E-state index contributed by atoms with van der Waals surface area (Å²) in [5, 5.41) is 3.10. The lowest BCUT2D eigenvalue weighted by Crippen LogP contribution is -2.45. The van der Waals surface area contributed by atoms with Crippen molar-refractivity contribution in [3.05, 3.63) is 29.3 Å². The maximum atomic E-state index is 12.4. The highest BCUT2D eigenvalue weighted by Gasteiger charge is 2.23. The van der Waals surface area contributed by atoms with Crippen molar-refractivity contribution < 1.29 is 9.53 Å². The van der Waals surface area contributed by atoms with E-state index >= 15 is 0 Å². The van der Waals surface area contributed by atoms with Crippen molar-refractivity contribution in [1.29, 1.82) is 0 Å². The van der Waals surface area contributed by atoms with E-state index in [2.05, 4.69) is 31.3 Å². The summed E-state index contributed by atoms with van der Waals surface area (Å²) in [7, 11) is 0. The van der Waals surface area contributed by atoms with Crippen molar-refractivity contribution in [2.45, 2.75) is 77.5 Å². The molecule has 1 fully saturated rings. The minimum absolute atomic E-state index is 0. The van der Waals surface area contributed by atoms with Crippen LogP contribution >= 0.6 is 12.4 Å². The van der Waals surface area contributed by atoms with Crippen LogP contribution in [-0.4, -0.2) is 24.1 Å². The molecule has 1 amide bonds. The molecule has 0 radical (unpaired) electrons. The summed E-state index contributed by atoms with van der Waals surface area (Å²) < 4.78 is 5.92. The van der Waals surface area contributed by atoms with Gasteiger partial charge in [-0.25, -0.2) is 0 Å². The number of nitrogens with two attached hydrogens (primary N) is 1. The van der Waals surface area contributed by atoms with E-state index < -0.39 is 6.10 Å². The second-order valence-corrected chi connectivity index (χ2v) is 7.06. The van der Waals surface area contributed by atoms with Gasteiger partial charge in [0, 0.05) is 12.1 Å². The van der Waals surface area contributed by atoms with Crippen molar-refractivity contribution in [1.82, 2.24) is 5.32 Å². The Hall–Kier alpha value is -1.26. The minimum atomic E-state index is -0.494. The van der Waals surface area contributed by atoms with Gasteiger partial charge in [0.05, 0.1) is 0 Å². The first-order valence-electron chi connectivity index (χ1n) is 8.70. The van der Waals surface area contributed by atoms with Gasteiger partial charge < -0.3 is 15.8 Å². The number of hydrogen-bond donors (Lipinski definition) is 2. The molecule has 0 bridgehead atoms. The van der Waals surface area contributed by atoms with E-state index in [4.69, 9.17) is 10.5 Å². The number of ether oxygens (including phenoxy) is 1. The monoisotopic (exact) mass is 354 g/mol. The molecule has 1 unspecified atom stereocenters. The van der Waals surface area contributed by atoms with Crippen LogP contribution in [0.25, 0.3) is 0 Å². The third kappa shape index (κ3) is 5.67. The van der Waals surface area contributed by atoms with Crippen molar-refractivity contribution in [3.8, 4) is 5.75 Å². The second-order valence-electron chi connectivity index (χ2n) is 7.06. The molecular weight excluding hydrogens is 324 g/mol. The Balaban J connectivity index is 0.00000288. The van der Waals surface area contributed by atoms with Crippen molar-refractivity contribution >= 4 is 18.3 Å². The van der Waals surface area contributed by atoms with Gasteiger partial charge >= 0.3 is 0 Å². The first kappa shape index (κ1) is 20.8. The molecule has 5 heteroatoms. The average molecular weight is 355 g/mol. The fourth-order valence-electron chi connectivity index (χ4n) is 2.93. The Morgan fingerprint density at radius 3 is 2.42 bits per heavy atom. The van der Waals surface area contributed by atoms with Crippen LogP contribution in [0.5, 0.6) is 5.75 Å². The Morgan fingerprint density at radius 1 is 1.21 bits per heavy atom. The summed E-state index contributed by atoms with van der Waals surface area (Å²) in [5.41, 5.74) is 8.18. The van der Waals surface area contributed by atoms with Crippen LogP contribution in [0, 0.1) is 6.92 Å². The molecule has 0 spiro atoms. The molecule has 1 atom stereocenters. The standard InChI is InChI=1S/C19H30N2O2.ClH/c1-12(2)15-6-5-13(3)18(11-15)23-14(4)19(22)21-17-9-7-16(20)8-10-17;/h5-6,11-12,14,16-17H,7-10,20H2,1-4H3,(H,21,22);1H. The van der Waals surface area contributed by atoms with Crippen LogP contribution in [0.15, 0.2) is 18.2 Å². The summed E-state index contributed by atoms with van der Waals surface area (Å²) in [6, 6.07) is 6.74. The normalized spacial score (nSPS) is 21.8. The number of halogens is 1. The number of aryl methyl sites for hydroxylation is 1. The highest BCUT2D eigenvalue weighted by atomic mass is 35.5. The van der Waals surface area contributed by atoms with Gasteiger partial charge in [-0.2, -0.15) is 0 Å². The summed E-state index contributed by atoms with van der Waals surface area (Å²) in [5.74, 6) is 1.19. The first-order valence-corrected chi connectivity index (χ1v) is 8.70. The molecule has 0 saturated heterocycles. The Morgan fingerprint density at radius 2 is 1.83 bits per heavy atom.